The molecular weight excluding hydrogens is 224 g/mol. The Hall–Kier alpha value is -2.78. The Balaban J connectivity index is 2.50. The van der Waals surface area contributed by atoms with E-state index in [0.717, 1.165) is 16.9 Å². The normalized spacial score (nSPS) is 9.28. The summed E-state index contributed by atoms with van der Waals surface area (Å²) in [6.07, 6.45) is 0. The van der Waals surface area contributed by atoms with Gasteiger partial charge in [0.15, 0.2) is 0 Å². The van der Waals surface area contributed by atoms with Gasteiger partial charge < -0.3 is 4.74 Å². The van der Waals surface area contributed by atoms with Crippen LogP contribution in [0.4, 0.5) is 0 Å². The third-order valence-corrected chi connectivity index (χ3v) is 2.67. The summed E-state index contributed by atoms with van der Waals surface area (Å²) in [5.41, 5.74) is 2.74. The Kier molecular flexibility index (Phi) is 3.27. The topological polar surface area (TPSA) is 56.8 Å². The van der Waals surface area contributed by atoms with Crippen molar-refractivity contribution < 1.29 is 4.74 Å². The molecule has 0 N–H and O–H groups in total. The maximum absolute atomic E-state index is 9.12. The third-order valence-electron chi connectivity index (χ3n) is 2.67. The molecule has 3 nitrogen and oxygen atoms in total. The van der Waals surface area contributed by atoms with Crippen LogP contribution in [0, 0.1) is 22.7 Å². The highest BCUT2D eigenvalue weighted by atomic mass is 16.5. The minimum atomic E-state index is 0.490. The van der Waals surface area contributed by atoms with Gasteiger partial charge in [0.25, 0.3) is 0 Å². The van der Waals surface area contributed by atoms with E-state index in [-0.39, 0.29) is 0 Å². The third kappa shape index (κ3) is 2.16. The van der Waals surface area contributed by atoms with Crippen LogP contribution in [-0.4, -0.2) is 7.11 Å². The Labute approximate surface area is 105 Å². The molecule has 2 rings (SSSR count). The fraction of sp³-hybridized carbons (Fsp3) is 0.0667. The van der Waals surface area contributed by atoms with Crippen molar-refractivity contribution in [1.29, 1.82) is 10.5 Å². The van der Waals surface area contributed by atoms with Crippen molar-refractivity contribution in [3.8, 4) is 29.0 Å². The molecule has 0 radical (unpaired) electrons. The van der Waals surface area contributed by atoms with E-state index in [1.807, 2.05) is 30.3 Å². The first-order valence-corrected chi connectivity index (χ1v) is 5.37. The Morgan fingerprint density at radius 2 is 1.67 bits per heavy atom. The van der Waals surface area contributed by atoms with Crippen molar-refractivity contribution in [1.82, 2.24) is 0 Å². The molecule has 0 aliphatic carbocycles. The van der Waals surface area contributed by atoms with E-state index in [0.29, 0.717) is 11.1 Å². The van der Waals surface area contributed by atoms with E-state index in [2.05, 4.69) is 6.07 Å². The lowest BCUT2D eigenvalue weighted by Gasteiger charge is -2.06. The highest BCUT2D eigenvalue weighted by Crippen LogP contribution is 2.26. The number of hydrogen-bond acceptors (Lipinski definition) is 3. The molecule has 2 aromatic rings. The first-order chi connectivity index (χ1) is 8.78. The first kappa shape index (κ1) is 11.7. The summed E-state index contributed by atoms with van der Waals surface area (Å²) in [6, 6.07) is 16.7. The van der Waals surface area contributed by atoms with Crippen molar-refractivity contribution >= 4 is 0 Å². The quantitative estimate of drug-likeness (QED) is 0.802. The largest absolute Gasteiger partial charge is 0.497 e. The van der Waals surface area contributed by atoms with Crippen LogP contribution < -0.4 is 4.74 Å². The minimum absolute atomic E-state index is 0.490. The number of hydrogen-bond donors (Lipinski definition) is 0. The van der Waals surface area contributed by atoms with Crippen LogP contribution >= 0.6 is 0 Å². The second kappa shape index (κ2) is 5.03. The lowest BCUT2D eigenvalue weighted by molar-refractivity contribution is 0.415. The molecule has 0 spiro atoms. The molecule has 0 aliphatic heterocycles. The Bertz CT molecular complexity index is 646. The van der Waals surface area contributed by atoms with Gasteiger partial charge in [-0.05, 0) is 35.4 Å². The molecule has 0 saturated carbocycles. The van der Waals surface area contributed by atoms with Crippen LogP contribution in [0.2, 0.25) is 0 Å². The number of benzene rings is 2. The molecule has 0 bridgehead atoms. The van der Waals surface area contributed by atoms with E-state index in [1.54, 1.807) is 25.3 Å². The van der Waals surface area contributed by atoms with Gasteiger partial charge in [0.05, 0.1) is 30.4 Å². The zero-order valence-corrected chi connectivity index (χ0v) is 9.84. The zero-order valence-electron chi connectivity index (χ0n) is 9.84. The second-order valence-corrected chi connectivity index (χ2v) is 3.71. The molecule has 0 amide bonds. The number of nitrogens with zero attached hydrogens (tertiary/aromatic N) is 2. The van der Waals surface area contributed by atoms with Gasteiger partial charge in [-0.25, -0.2) is 0 Å². The first-order valence-electron chi connectivity index (χ1n) is 5.37. The van der Waals surface area contributed by atoms with Crippen LogP contribution in [0.3, 0.4) is 0 Å². The summed E-state index contributed by atoms with van der Waals surface area (Å²) in [4.78, 5) is 0. The second-order valence-electron chi connectivity index (χ2n) is 3.71. The highest BCUT2D eigenvalue weighted by molar-refractivity contribution is 5.72. The van der Waals surface area contributed by atoms with Gasteiger partial charge in [0.2, 0.25) is 0 Å². The summed E-state index contributed by atoms with van der Waals surface area (Å²) in [7, 11) is 1.61. The van der Waals surface area contributed by atoms with Crippen molar-refractivity contribution in [3.63, 3.8) is 0 Å². The lowest BCUT2D eigenvalue weighted by Crippen LogP contribution is -1.87. The van der Waals surface area contributed by atoms with Crippen molar-refractivity contribution in [3.05, 3.63) is 53.6 Å². The molecule has 18 heavy (non-hydrogen) atoms. The molecular formula is C15H10N2O. The molecule has 0 aromatic heterocycles. The Morgan fingerprint density at radius 3 is 2.22 bits per heavy atom. The van der Waals surface area contributed by atoms with Crippen LogP contribution in [0.25, 0.3) is 11.1 Å². The maximum atomic E-state index is 9.12. The van der Waals surface area contributed by atoms with Gasteiger partial charge in [-0.15, -0.1) is 0 Å². The number of rotatable bonds is 2. The predicted molar refractivity (Wildman–Crippen MR) is 67.9 cm³/mol. The van der Waals surface area contributed by atoms with Gasteiger partial charge in [0.1, 0.15) is 5.75 Å². The van der Waals surface area contributed by atoms with E-state index < -0.39 is 0 Å². The summed E-state index contributed by atoms with van der Waals surface area (Å²) < 4.78 is 5.09. The van der Waals surface area contributed by atoms with Crippen LogP contribution in [-0.2, 0) is 0 Å². The molecule has 0 unspecified atom stereocenters. The van der Waals surface area contributed by atoms with E-state index in [4.69, 9.17) is 15.3 Å². The molecule has 0 atom stereocenters. The fourth-order valence-corrected chi connectivity index (χ4v) is 1.73. The zero-order chi connectivity index (χ0) is 13.0. The Morgan fingerprint density at radius 1 is 0.944 bits per heavy atom. The summed E-state index contributed by atoms with van der Waals surface area (Å²) in [5, 5.41) is 17.9. The lowest BCUT2D eigenvalue weighted by atomic mass is 9.98. The van der Waals surface area contributed by atoms with Crippen LogP contribution in [0.1, 0.15) is 11.1 Å². The molecule has 86 valence electrons. The average molecular weight is 234 g/mol. The predicted octanol–water partition coefficient (Wildman–Crippen LogP) is 3.11. The molecule has 2 aromatic carbocycles. The van der Waals surface area contributed by atoms with Gasteiger partial charge >= 0.3 is 0 Å². The average Bonchev–Trinajstić information content (AvgIpc) is 2.46. The SMILES string of the molecule is COc1ccc(-c2ccc(C#N)cc2C#N)cc1. The standard InChI is InChI=1S/C15H10N2O/c1-18-14-5-3-12(4-6-14)15-7-2-11(9-16)8-13(15)10-17/h2-8H,1H3. The summed E-state index contributed by atoms with van der Waals surface area (Å²) in [5.74, 6) is 0.769. The van der Waals surface area contributed by atoms with Gasteiger partial charge in [-0.3, -0.25) is 0 Å². The number of methoxy groups -OCH3 is 1. The summed E-state index contributed by atoms with van der Waals surface area (Å²) >= 11 is 0. The van der Waals surface area contributed by atoms with Gasteiger partial charge in [-0.1, -0.05) is 18.2 Å². The van der Waals surface area contributed by atoms with E-state index in [1.165, 1.54) is 0 Å². The highest BCUT2D eigenvalue weighted by Gasteiger charge is 2.06. The van der Waals surface area contributed by atoms with E-state index in [9.17, 15) is 0 Å². The monoisotopic (exact) mass is 234 g/mol. The smallest absolute Gasteiger partial charge is 0.118 e. The molecule has 3 heteroatoms. The van der Waals surface area contributed by atoms with Gasteiger partial charge in [0, 0.05) is 0 Å². The maximum Gasteiger partial charge on any atom is 0.118 e. The molecule has 0 saturated heterocycles. The van der Waals surface area contributed by atoms with Crippen molar-refractivity contribution in [2.45, 2.75) is 0 Å². The van der Waals surface area contributed by atoms with Crippen molar-refractivity contribution in [2.24, 2.45) is 0 Å². The van der Waals surface area contributed by atoms with E-state index >= 15 is 0 Å². The number of ether oxygens (including phenoxy) is 1. The molecule has 0 fully saturated rings. The minimum Gasteiger partial charge on any atom is -0.497 e. The fourth-order valence-electron chi connectivity index (χ4n) is 1.73. The van der Waals surface area contributed by atoms with Crippen molar-refractivity contribution in [2.75, 3.05) is 7.11 Å². The number of nitriles is 2. The molecule has 0 aliphatic rings. The molecule has 0 heterocycles. The van der Waals surface area contributed by atoms with Crippen LogP contribution in [0.5, 0.6) is 5.75 Å². The summed E-state index contributed by atoms with van der Waals surface area (Å²) in [6.45, 7) is 0. The van der Waals surface area contributed by atoms with Gasteiger partial charge in [-0.2, -0.15) is 10.5 Å². The van der Waals surface area contributed by atoms with Crippen LogP contribution in [0.15, 0.2) is 42.5 Å².